The monoisotopic (exact) mass is 303 g/mol. The molecule has 110 valence electrons. The van der Waals surface area contributed by atoms with Crippen molar-refractivity contribution in [1.82, 2.24) is 5.32 Å². The first-order valence-electron chi connectivity index (χ1n) is 5.78. The minimum atomic E-state index is -1.49. The second-order valence-electron chi connectivity index (χ2n) is 5.06. The van der Waals surface area contributed by atoms with Crippen LogP contribution in [0.1, 0.15) is 32.4 Å². The van der Waals surface area contributed by atoms with Gasteiger partial charge in [-0.3, -0.25) is 0 Å². The number of halogens is 2. The molecule has 0 aliphatic rings. The fraction of sp³-hybridized carbons (Fsp3) is 0.385. The highest BCUT2D eigenvalue weighted by Gasteiger charge is 2.27. The first kappa shape index (κ1) is 16.2. The molecule has 1 amide bonds. The third kappa shape index (κ3) is 4.38. The maximum Gasteiger partial charge on any atom is 0.408 e. The summed E-state index contributed by atoms with van der Waals surface area (Å²) in [7, 11) is 0. The Balaban J connectivity index is 2.99. The predicted octanol–water partition coefficient (Wildman–Crippen LogP) is 3.13. The van der Waals surface area contributed by atoms with E-state index in [1.165, 1.54) is 12.1 Å². The van der Waals surface area contributed by atoms with E-state index in [0.29, 0.717) is 0 Å². The van der Waals surface area contributed by atoms with Gasteiger partial charge in [-0.1, -0.05) is 23.7 Å². The van der Waals surface area contributed by atoms with Crippen molar-refractivity contribution in [3.63, 3.8) is 0 Å². The molecule has 1 unspecified atom stereocenters. The van der Waals surface area contributed by atoms with E-state index in [2.05, 4.69) is 5.32 Å². The third-order valence-corrected chi connectivity index (χ3v) is 2.60. The number of nitrogens with one attached hydrogen (secondary N) is 1. The van der Waals surface area contributed by atoms with E-state index in [-0.39, 0.29) is 10.6 Å². The number of carbonyl (C=O) groups is 2. The second kappa shape index (κ2) is 6.09. The van der Waals surface area contributed by atoms with Crippen LogP contribution >= 0.6 is 11.6 Å². The van der Waals surface area contributed by atoms with Gasteiger partial charge in [0.05, 0.1) is 5.02 Å². The summed E-state index contributed by atoms with van der Waals surface area (Å²) in [4.78, 5) is 22.8. The number of carboxylic acid groups (broad SMARTS) is 1. The normalized spacial score (nSPS) is 12.7. The van der Waals surface area contributed by atoms with Crippen LogP contribution in [0.15, 0.2) is 18.2 Å². The molecule has 0 heterocycles. The number of rotatable bonds is 3. The van der Waals surface area contributed by atoms with Gasteiger partial charge in [0.15, 0.2) is 6.04 Å². The van der Waals surface area contributed by atoms with E-state index in [9.17, 15) is 14.0 Å². The van der Waals surface area contributed by atoms with Crippen LogP contribution in [-0.4, -0.2) is 22.8 Å². The molecule has 1 atom stereocenters. The Morgan fingerprint density at radius 3 is 2.50 bits per heavy atom. The van der Waals surface area contributed by atoms with E-state index in [1.54, 1.807) is 20.8 Å². The number of alkyl carbamates (subject to hydrolysis) is 1. The van der Waals surface area contributed by atoms with Gasteiger partial charge in [0, 0.05) is 5.56 Å². The lowest BCUT2D eigenvalue weighted by Gasteiger charge is -2.22. The van der Waals surface area contributed by atoms with Crippen LogP contribution < -0.4 is 5.32 Å². The molecule has 0 radical (unpaired) electrons. The van der Waals surface area contributed by atoms with Crippen molar-refractivity contribution in [2.24, 2.45) is 0 Å². The molecule has 5 nitrogen and oxygen atoms in total. The molecule has 2 N–H and O–H groups in total. The molecule has 7 heteroatoms. The zero-order valence-electron chi connectivity index (χ0n) is 11.2. The summed E-state index contributed by atoms with van der Waals surface area (Å²) in [5, 5.41) is 10.9. The molecule has 1 aromatic carbocycles. The molecule has 0 fully saturated rings. The summed E-state index contributed by atoms with van der Waals surface area (Å²) in [6, 6.07) is 2.23. The zero-order chi connectivity index (χ0) is 15.5. The number of carbonyl (C=O) groups excluding carboxylic acids is 1. The number of hydrogen-bond donors (Lipinski definition) is 2. The van der Waals surface area contributed by atoms with Gasteiger partial charge in [-0.15, -0.1) is 0 Å². The highest BCUT2D eigenvalue weighted by Crippen LogP contribution is 2.26. The summed E-state index contributed by atoms with van der Waals surface area (Å²) >= 11 is 5.72. The maximum absolute atomic E-state index is 13.3. The Bertz CT molecular complexity index is 528. The summed E-state index contributed by atoms with van der Waals surface area (Å²) in [6.45, 7) is 4.91. The van der Waals surface area contributed by atoms with Crippen LogP contribution in [0.4, 0.5) is 9.18 Å². The number of hydrogen-bond acceptors (Lipinski definition) is 3. The lowest BCUT2D eigenvalue weighted by molar-refractivity contribution is -0.139. The van der Waals surface area contributed by atoms with Crippen molar-refractivity contribution in [1.29, 1.82) is 0 Å². The van der Waals surface area contributed by atoms with Gasteiger partial charge in [-0.2, -0.15) is 0 Å². The fourth-order valence-electron chi connectivity index (χ4n) is 1.44. The molecule has 0 saturated heterocycles. The lowest BCUT2D eigenvalue weighted by atomic mass is 10.1. The summed E-state index contributed by atoms with van der Waals surface area (Å²) < 4.78 is 18.3. The number of aliphatic carboxylic acids is 1. The molecule has 0 aromatic heterocycles. The number of carboxylic acids is 1. The smallest absolute Gasteiger partial charge is 0.408 e. The van der Waals surface area contributed by atoms with Gasteiger partial charge in [-0.05, 0) is 26.8 Å². The van der Waals surface area contributed by atoms with Crippen LogP contribution in [-0.2, 0) is 9.53 Å². The van der Waals surface area contributed by atoms with E-state index in [4.69, 9.17) is 21.4 Å². The van der Waals surface area contributed by atoms with Gasteiger partial charge >= 0.3 is 12.1 Å². The molecule has 1 rings (SSSR count). The summed E-state index contributed by atoms with van der Waals surface area (Å²) in [5.74, 6) is -2.13. The quantitative estimate of drug-likeness (QED) is 0.899. The summed E-state index contributed by atoms with van der Waals surface area (Å²) in [5.41, 5.74) is -0.830. The molecule has 20 heavy (non-hydrogen) atoms. The molecule has 0 bridgehead atoms. The van der Waals surface area contributed by atoms with Crippen molar-refractivity contribution in [3.8, 4) is 0 Å². The van der Waals surface area contributed by atoms with Gasteiger partial charge in [0.25, 0.3) is 0 Å². The molecular weight excluding hydrogens is 289 g/mol. The van der Waals surface area contributed by atoms with Crippen LogP contribution in [0, 0.1) is 5.82 Å². The van der Waals surface area contributed by atoms with Crippen molar-refractivity contribution in [2.75, 3.05) is 0 Å². The van der Waals surface area contributed by atoms with Gasteiger partial charge in [0.2, 0.25) is 0 Å². The third-order valence-electron chi connectivity index (χ3n) is 2.20. The van der Waals surface area contributed by atoms with Gasteiger partial charge < -0.3 is 15.2 Å². The Hall–Kier alpha value is -1.82. The van der Waals surface area contributed by atoms with Crippen LogP contribution in [0.2, 0.25) is 5.02 Å². The van der Waals surface area contributed by atoms with Crippen molar-refractivity contribution in [2.45, 2.75) is 32.4 Å². The average molecular weight is 304 g/mol. The van der Waals surface area contributed by atoms with E-state index in [1.807, 2.05) is 0 Å². The first-order valence-corrected chi connectivity index (χ1v) is 6.16. The molecule has 0 aliphatic carbocycles. The molecular formula is C13H15ClFNO4. The number of amides is 1. The second-order valence-corrected chi connectivity index (χ2v) is 5.44. The summed E-state index contributed by atoms with van der Waals surface area (Å²) in [6.07, 6.45) is -0.926. The molecule has 1 aromatic rings. The minimum absolute atomic E-state index is 0.0509. The van der Waals surface area contributed by atoms with Gasteiger partial charge in [0.1, 0.15) is 11.4 Å². The number of benzene rings is 1. The highest BCUT2D eigenvalue weighted by atomic mass is 35.5. The Morgan fingerprint density at radius 2 is 2.00 bits per heavy atom. The Labute approximate surface area is 120 Å². The zero-order valence-corrected chi connectivity index (χ0v) is 12.0. The standard InChI is InChI=1S/C13H15ClFNO4/c1-13(2,3)20-12(19)16-10(11(17)18)7-5-4-6-8(15)9(7)14/h4-6,10H,1-3H3,(H,16,19)(H,17,18). The van der Waals surface area contributed by atoms with Gasteiger partial charge in [-0.25, -0.2) is 14.0 Å². The first-order chi connectivity index (χ1) is 9.11. The maximum atomic E-state index is 13.3. The lowest BCUT2D eigenvalue weighted by Crippen LogP contribution is -2.38. The van der Waals surface area contributed by atoms with Crippen molar-refractivity contribution >= 4 is 23.7 Å². The molecule has 0 aliphatic heterocycles. The van der Waals surface area contributed by atoms with E-state index < -0.39 is 29.5 Å². The van der Waals surface area contributed by atoms with E-state index in [0.717, 1.165) is 6.07 Å². The molecule has 0 saturated carbocycles. The topological polar surface area (TPSA) is 75.6 Å². The average Bonchev–Trinajstić information content (AvgIpc) is 2.27. The Morgan fingerprint density at radius 1 is 1.40 bits per heavy atom. The largest absolute Gasteiger partial charge is 0.479 e. The fourth-order valence-corrected chi connectivity index (χ4v) is 1.68. The van der Waals surface area contributed by atoms with Crippen LogP contribution in [0.3, 0.4) is 0 Å². The predicted molar refractivity (Wildman–Crippen MR) is 71.2 cm³/mol. The van der Waals surface area contributed by atoms with E-state index >= 15 is 0 Å². The van der Waals surface area contributed by atoms with Crippen molar-refractivity contribution < 1.29 is 23.8 Å². The SMILES string of the molecule is CC(C)(C)OC(=O)NC(C(=O)O)c1cccc(F)c1Cl. The number of ether oxygens (including phenoxy) is 1. The molecule has 0 spiro atoms. The Kier molecular flexibility index (Phi) is 4.94. The van der Waals surface area contributed by atoms with Crippen LogP contribution in [0.5, 0.6) is 0 Å². The highest BCUT2D eigenvalue weighted by molar-refractivity contribution is 6.31. The minimum Gasteiger partial charge on any atom is -0.479 e. The van der Waals surface area contributed by atoms with Crippen molar-refractivity contribution in [3.05, 3.63) is 34.6 Å². The van der Waals surface area contributed by atoms with Crippen LogP contribution in [0.25, 0.3) is 0 Å².